The van der Waals surface area contributed by atoms with Gasteiger partial charge in [0.15, 0.2) is 0 Å². The van der Waals surface area contributed by atoms with Crippen molar-refractivity contribution in [2.45, 2.75) is 33.1 Å². The van der Waals surface area contributed by atoms with Gasteiger partial charge in [0.2, 0.25) is 0 Å². The molecule has 3 nitrogen and oxygen atoms in total. The van der Waals surface area contributed by atoms with Gasteiger partial charge in [-0.1, -0.05) is 45.0 Å². The van der Waals surface area contributed by atoms with E-state index in [9.17, 15) is 4.79 Å². The number of carbonyl (C=O) groups excluding carboxylic acids is 1. The lowest BCUT2D eigenvalue weighted by Crippen LogP contribution is -2.10. The molecule has 1 heterocycles. The van der Waals surface area contributed by atoms with Gasteiger partial charge in [-0.05, 0) is 30.0 Å². The Morgan fingerprint density at radius 3 is 2.14 bits per heavy atom. The van der Waals surface area contributed by atoms with E-state index < -0.39 is 0 Å². The molecule has 0 aliphatic heterocycles. The standard InChI is InChI=1S/C18H21NO2/c1-12-15(17(20)21-5)10-11-16(19-12)13-6-8-14(9-7-13)18(2,3)4/h6-11H,1-5H3. The van der Waals surface area contributed by atoms with Gasteiger partial charge in [0, 0.05) is 5.56 Å². The average Bonchev–Trinajstić information content (AvgIpc) is 2.45. The van der Waals surface area contributed by atoms with E-state index in [1.165, 1.54) is 12.7 Å². The molecule has 0 fully saturated rings. The first-order valence-corrected chi connectivity index (χ1v) is 7.00. The zero-order valence-corrected chi connectivity index (χ0v) is 13.2. The lowest BCUT2D eigenvalue weighted by molar-refractivity contribution is 0.0599. The molecule has 1 aromatic heterocycles. The summed E-state index contributed by atoms with van der Waals surface area (Å²) >= 11 is 0. The second-order valence-corrected chi connectivity index (χ2v) is 6.15. The van der Waals surface area contributed by atoms with Gasteiger partial charge in [0.05, 0.1) is 24.1 Å². The molecule has 21 heavy (non-hydrogen) atoms. The average molecular weight is 283 g/mol. The summed E-state index contributed by atoms with van der Waals surface area (Å²) in [5, 5.41) is 0. The number of aryl methyl sites for hydroxylation is 1. The Morgan fingerprint density at radius 1 is 1.05 bits per heavy atom. The van der Waals surface area contributed by atoms with E-state index in [1.54, 1.807) is 6.07 Å². The normalized spacial score (nSPS) is 11.3. The van der Waals surface area contributed by atoms with E-state index in [0.29, 0.717) is 11.3 Å². The Balaban J connectivity index is 2.35. The summed E-state index contributed by atoms with van der Waals surface area (Å²) in [5.41, 5.74) is 4.51. The lowest BCUT2D eigenvalue weighted by Gasteiger charge is -2.19. The monoisotopic (exact) mass is 283 g/mol. The van der Waals surface area contributed by atoms with Crippen molar-refractivity contribution in [2.75, 3.05) is 7.11 Å². The summed E-state index contributed by atoms with van der Waals surface area (Å²) in [7, 11) is 1.38. The van der Waals surface area contributed by atoms with Crippen LogP contribution in [0.1, 0.15) is 42.4 Å². The third kappa shape index (κ3) is 3.30. The highest BCUT2D eigenvalue weighted by atomic mass is 16.5. The number of hydrogen-bond donors (Lipinski definition) is 0. The zero-order chi connectivity index (χ0) is 15.6. The van der Waals surface area contributed by atoms with E-state index in [1.807, 2.05) is 13.0 Å². The third-order valence-electron chi connectivity index (χ3n) is 3.54. The van der Waals surface area contributed by atoms with Crippen LogP contribution in [0.3, 0.4) is 0 Å². The van der Waals surface area contributed by atoms with Crippen molar-refractivity contribution in [1.29, 1.82) is 0 Å². The van der Waals surface area contributed by atoms with Crippen molar-refractivity contribution in [3.8, 4) is 11.3 Å². The largest absolute Gasteiger partial charge is 0.465 e. The lowest BCUT2D eigenvalue weighted by atomic mass is 9.86. The molecular formula is C18H21NO2. The smallest absolute Gasteiger partial charge is 0.339 e. The van der Waals surface area contributed by atoms with Crippen molar-refractivity contribution in [3.05, 3.63) is 53.2 Å². The third-order valence-corrected chi connectivity index (χ3v) is 3.54. The van der Waals surface area contributed by atoms with Crippen molar-refractivity contribution in [2.24, 2.45) is 0 Å². The maximum Gasteiger partial charge on any atom is 0.339 e. The van der Waals surface area contributed by atoms with E-state index in [0.717, 1.165) is 11.3 Å². The van der Waals surface area contributed by atoms with Crippen LogP contribution in [0.25, 0.3) is 11.3 Å². The number of carbonyl (C=O) groups is 1. The van der Waals surface area contributed by atoms with Crippen LogP contribution in [-0.2, 0) is 10.2 Å². The predicted molar refractivity (Wildman–Crippen MR) is 84.4 cm³/mol. The van der Waals surface area contributed by atoms with Crippen LogP contribution in [0.2, 0.25) is 0 Å². The van der Waals surface area contributed by atoms with Crippen molar-refractivity contribution in [1.82, 2.24) is 4.98 Å². The second-order valence-electron chi connectivity index (χ2n) is 6.15. The molecule has 0 amide bonds. The van der Waals surface area contributed by atoms with Crippen LogP contribution < -0.4 is 0 Å². The fourth-order valence-electron chi connectivity index (χ4n) is 2.19. The molecule has 3 heteroatoms. The highest BCUT2D eigenvalue weighted by Gasteiger charge is 2.14. The number of methoxy groups -OCH3 is 1. The van der Waals surface area contributed by atoms with Gasteiger partial charge in [-0.15, -0.1) is 0 Å². The molecule has 2 rings (SSSR count). The van der Waals surface area contributed by atoms with Crippen LogP contribution >= 0.6 is 0 Å². The molecule has 0 atom stereocenters. The Bertz CT molecular complexity index is 652. The molecule has 110 valence electrons. The molecular weight excluding hydrogens is 262 g/mol. The molecule has 0 aliphatic carbocycles. The molecule has 0 N–H and O–H groups in total. The topological polar surface area (TPSA) is 39.2 Å². The maximum absolute atomic E-state index is 11.6. The first-order chi connectivity index (χ1) is 9.82. The van der Waals surface area contributed by atoms with E-state index in [4.69, 9.17) is 4.74 Å². The summed E-state index contributed by atoms with van der Waals surface area (Å²) in [4.78, 5) is 16.1. The molecule has 0 unspecified atom stereocenters. The Morgan fingerprint density at radius 2 is 1.67 bits per heavy atom. The SMILES string of the molecule is COC(=O)c1ccc(-c2ccc(C(C)(C)C)cc2)nc1C. The molecule has 0 bridgehead atoms. The highest BCUT2D eigenvalue weighted by molar-refractivity contribution is 5.90. The summed E-state index contributed by atoms with van der Waals surface area (Å²) in [6.07, 6.45) is 0. The molecule has 1 aromatic carbocycles. The number of ether oxygens (including phenoxy) is 1. The predicted octanol–water partition coefficient (Wildman–Crippen LogP) is 4.14. The molecule has 0 radical (unpaired) electrons. The second kappa shape index (κ2) is 5.68. The van der Waals surface area contributed by atoms with Crippen LogP contribution in [-0.4, -0.2) is 18.1 Å². The quantitative estimate of drug-likeness (QED) is 0.777. The minimum Gasteiger partial charge on any atom is -0.465 e. The van der Waals surface area contributed by atoms with E-state index >= 15 is 0 Å². The minimum absolute atomic E-state index is 0.136. The van der Waals surface area contributed by atoms with Crippen LogP contribution in [0.5, 0.6) is 0 Å². The maximum atomic E-state index is 11.6. The molecule has 0 saturated heterocycles. The van der Waals surface area contributed by atoms with Gasteiger partial charge >= 0.3 is 5.97 Å². The van der Waals surface area contributed by atoms with Gasteiger partial charge in [0.1, 0.15) is 0 Å². The Hall–Kier alpha value is -2.16. The molecule has 0 spiro atoms. The highest BCUT2D eigenvalue weighted by Crippen LogP contribution is 2.25. The number of esters is 1. The summed E-state index contributed by atoms with van der Waals surface area (Å²) in [6, 6.07) is 12.0. The first kappa shape index (κ1) is 15.2. The van der Waals surface area contributed by atoms with Gasteiger partial charge in [-0.3, -0.25) is 4.98 Å². The van der Waals surface area contributed by atoms with Crippen molar-refractivity contribution >= 4 is 5.97 Å². The zero-order valence-electron chi connectivity index (χ0n) is 13.2. The molecule has 0 aliphatic rings. The number of hydrogen-bond acceptors (Lipinski definition) is 3. The van der Waals surface area contributed by atoms with Crippen LogP contribution in [0, 0.1) is 6.92 Å². The Labute approximate surface area is 126 Å². The summed E-state index contributed by atoms with van der Waals surface area (Å²) in [6.45, 7) is 8.39. The summed E-state index contributed by atoms with van der Waals surface area (Å²) < 4.78 is 4.74. The van der Waals surface area contributed by atoms with Gasteiger partial charge in [-0.25, -0.2) is 4.79 Å². The van der Waals surface area contributed by atoms with Crippen molar-refractivity contribution < 1.29 is 9.53 Å². The number of pyridine rings is 1. The number of nitrogens with zero attached hydrogens (tertiary/aromatic N) is 1. The fraction of sp³-hybridized carbons (Fsp3) is 0.333. The van der Waals surface area contributed by atoms with Gasteiger partial charge < -0.3 is 4.74 Å². The summed E-state index contributed by atoms with van der Waals surface area (Å²) in [5.74, 6) is -0.352. The number of benzene rings is 1. The van der Waals surface area contributed by atoms with E-state index in [2.05, 4.69) is 50.0 Å². The van der Waals surface area contributed by atoms with Crippen LogP contribution in [0.15, 0.2) is 36.4 Å². The van der Waals surface area contributed by atoms with Gasteiger partial charge in [0.25, 0.3) is 0 Å². The van der Waals surface area contributed by atoms with E-state index in [-0.39, 0.29) is 11.4 Å². The number of aromatic nitrogens is 1. The number of rotatable bonds is 2. The fourth-order valence-corrected chi connectivity index (χ4v) is 2.19. The van der Waals surface area contributed by atoms with Gasteiger partial charge in [-0.2, -0.15) is 0 Å². The first-order valence-electron chi connectivity index (χ1n) is 7.00. The van der Waals surface area contributed by atoms with Crippen molar-refractivity contribution in [3.63, 3.8) is 0 Å². The molecule has 2 aromatic rings. The minimum atomic E-state index is -0.352. The van der Waals surface area contributed by atoms with Crippen LogP contribution in [0.4, 0.5) is 0 Å². The Kier molecular flexibility index (Phi) is 4.12. The molecule has 0 saturated carbocycles.